The monoisotopic (exact) mass is 344 g/mol. The van der Waals surface area contributed by atoms with Gasteiger partial charge in [-0.25, -0.2) is 4.79 Å². The highest BCUT2D eigenvalue weighted by molar-refractivity contribution is 5.90. The molecule has 0 bridgehead atoms. The molecule has 3 aromatic carbocycles. The van der Waals surface area contributed by atoms with E-state index in [4.69, 9.17) is 4.74 Å². The third-order valence-corrected chi connectivity index (χ3v) is 4.64. The molecule has 3 aromatic rings. The van der Waals surface area contributed by atoms with Gasteiger partial charge < -0.3 is 15.4 Å². The van der Waals surface area contributed by atoms with Crippen molar-refractivity contribution in [2.75, 3.05) is 12.4 Å². The van der Waals surface area contributed by atoms with Crippen LogP contribution in [0.5, 0.6) is 5.75 Å². The van der Waals surface area contributed by atoms with E-state index in [0.717, 1.165) is 23.4 Å². The van der Waals surface area contributed by atoms with E-state index in [1.807, 2.05) is 30.3 Å². The molecule has 2 N–H and O–H groups in total. The van der Waals surface area contributed by atoms with Crippen molar-refractivity contribution in [3.63, 3.8) is 0 Å². The molecule has 0 aliphatic heterocycles. The van der Waals surface area contributed by atoms with Crippen molar-refractivity contribution in [3.05, 3.63) is 83.4 Å². The fraction of sp³-hybridized carbons (Fsp3) is 0.136. The fourth-order valence-electron chi connectivity index (χ4n) is 3.36. The van der Waals surface area contributed by atoms with E-state index in [1.54, 1.807) is 7.11 Å². The normalized spacial score (nSPS) is 11.4. The number of amides is 2. The van der Waals surface area contributed by atoms with Gasteiger partial charge in [0.1, 0.15) is 5.75 Å². The zero-order valence-electron chi connectivity index (χ0n) is 14.6. The molecule has 0 saturated heterocycles. The number of nitrogens with one attached hydrogen (secondary N) is 2. The summed E-state index contributed by atoms with van der Waals surface area (Å²) in [5.41, 5.74) is 6.92. The zero-order valence-corrected chi connectivity index (χ0v) is 14.6. The largest absolute Gasteiger partial charge is 0.497 e. The topological polar surface area (TPSA) is 50.4 Å². The average Bonchev–Trinajstić information content (AvgIpc) is 3.04. The smallest absolute Gasteiger partial charge is 0.319 e. The maximum atomic E-state index is 12.2. The Morgan fingerprint density at radius 3 is 2.69 bits per heavy atom. The quantitative estimate of drug-likeness (QED) is 0.569. The van der Waals surface area contributed by atoms with Gasteiger partial charge >= 0.3 is 6.03 Å². The van der Waals surface area contributed by atoms with Gasteiger partial charge in [0.05, 0.1) is 7.11 Å². The zero-order chi connectivity index (χ0) is 17.9. The molecule has 0 aromatic heterocycles. The molecule has 0 radical (unpaired) electrons. The van der Waals surface area contributed by atoms with Crippen molar-refractivity contribution in [1.82, 2.24) is 5.32 Å². The Labute approximate surface area is 152 Å². The summed E-state index contributed by atoms with van der Waals surface area (Å²) >= 11 is 0. The molecule has 0 unspecified atom stereocenters. The fourth-order valence-corrected chi connectivity index (χ4v) is 3.36. The van der Waals surface area contributed by atoms with Crippen LogP contribution < -0.4 is 15.4 Å². The van der Waals surface area contributed by atoms with E-state index in [0.29, 0.717) is 6.54 Å². The molecule has 2 amide bonds. The molecule has 4 rings (SSSR count). The summed E-state index contributed by atoms with van der Waals surface area (Å²) in [6.45, 7) is 0.444. The highest BCUT2D eigenvalue weighted by Crippen LogP contribution is 2.37. The molecule has 26 heavy (non-hydrogen) atoms. The Morgan fingerprint density at radius 1 is 0.962 bits per heavy atom. The first-order valence-electron chi connectivity index (χ1n) is 8.62. The highest BCUT2D eigenvalue weighted by Gasteiger charge is 2.18. The summed E-state index contributed by atoms with van der Waals surface area (Å²) in [6, 6.07) is 22.0. The SMILES string of the molecule is COc1cccc(CNC(=O)Nc2ccc3c(c2)Cc2ccccc2-3)c1. The highest BCUT2D eigenvalue weighted by atomic mass is 16.5. The number of methoxy groups -OCH3 is 1. The van der Waals surface area contributed by atoms with Crippen LogP contribution >= 0.6 is 0 Å². The van der Waals surface area contributed by atoms with Gasteiger partial charge in [-0.3, -0.25) is 0 Å². The first-order valence-corrected chi connectivity index (χ1v) is 8.62. The number of fused-ring (bicyclic) bond motifs is 3. The molecular formula is C22H20N2O2. The number of ether oxygens (including phenoxy) is 1. The lowest BCUT2D eigenvalue weighted by atomic mass is 10.1. The second-order valence-electron chi connectivity index (χ2n) is 6.37. The van der Waals surface area contributed by atoms with Crippen LogP contribution in [0, 0.1) is 0 Å². The van der Waals surface area contributed by atoms with Gasteiger partial charge in [0, 0.05) is 12.2 Å². The lowest BCUT2D eigenvalue weighted by molar-refractivity contribution is 0.251. The minimum atomic E-state index is -0.219. The van der Waals surface area contributed by atoms with Gasteiger partial charge in [-0.1, -0.05) is 42.5 Å². The summed E-state index contributed by atoms with van der Waals surface area (Å²) in [5.74, 6) is 0.780. The number of anilines is 1. The number of hydrogen-bond donors (Lipinski definition) is 2. The van der Waals surface area contributed by atoms with Crippen molar-refractivity contribution in [2.24, 2.45) is 0 Å². The Balaban J connectivity index is 1.40. The first-order chi connectivity index (χ1) is 12.7. The van der Waals surface area contributed by atoms with Crippen LogP contribution in [0.15, 0.2) is 66.7 Å². The number of hydrogen-bond acceptors (Lipinski definition) is 2. The van der Waals surface area contributed by atoms with E-state index in [-0.39, 0.29) is 6.03 Å². The average molecular weight is 344 g/mol. The molecule has 1 aliphatic carbocycles. The molecule has 0 heterocycles. The summed E-state index contributed by atoms with van der Waals surface area (Å²) in [7, 11) is 1.63. The third kappa shape index (κ3) is 3.26. The van der Waals surface area contributed by atoms with Gasteiger partial charge in [0.15, 0.2) is 0 Å². The van der Waals surface area contributed by atoms with Crippen molar-refractivity contribution < 1.29 is 9.53 Å². The van der Waals surface area contributed by atoms with E-state index >= 15 is 0 Å². The Morgan fingerprint density at radius 2 is 1.81 bits per heavy atom. The van der Waals surface area contributed by atoms with Gasteiger partial charge in [-0.05, 0) is 58.5 Å². The van der Waals surface area contributed by atoms with Gasteiger partial charge in [0.25, 0.3) is 0 Å². The predicted molar refractivity (Wildman–Crippen MR) is 104 cm³/mol. The van der Waals surface area contributed by atoms with Gasteiger partial charge in [-0.15, -0.1) is 0 Å². The number of benzene rings is 3. The van der Waals surface area contributed by atoms with Crippen LogP contribution in [0.1, 0.15) is 16.7 Å². The molecule has 0 saturated carbocycles. The van der Waals surface area contributed by atoms with Crippen molar-refractivity contribution in [2.45, 2.75) is 13.0 Å². The Kier molecular flexibility index (Phi) is 4.32. The summed E-state index contributed by atoms with van der Waals surface area (Å²) < 4.78 is 5.20. The van der Waals surface area contributed by atoms with Crippen molar-refractivity contribution >= 4 is 11.7 Å². The summed E-state index contributed by atoms with van der Waals surface area (Å²) in [5, 5.41) is 5.79. The molecule has 1 aliphatic rings. The predicted octanol–water partition coefficient (Wildman–Crippen LogP) is 4.59. The third-order valence-electron chi connectivity index (χ3n) is 4.64. The maximum absolute atomic E-state index is 12.2. The van der Waals surface area contributed by atoms with Crippen molar-refractivity contribution in [1.29, 1.82) is 0 Å². The van der Waals surface area contributed by atoms with Crippen molar-refractivity contribution in [3.8, 4) is 16.9 Å². The first kappa shape index (κ1) is 16.2. The van der Waals surface area contributed by atoms with Crippen LogP contribution in [0.25, 0.3) is 11.1 Å². The number of urea groups is 1. The molecule has 0 atom stereocenters. The van der Waals surface area contributed by atoms with Gasteiger partial charge in [0.2, 0.25) is 0 Å². The van der Waals surface area contributed by atoms with E-state index in [9.17, 15) is 4.79 Å². The minimum Gasteiger partial charge on any atom is -0.497 e. The van der Waals surface area contributed by atoms with Crippen LogP contribution in [0.2, 0.25) is 0 Å². The molecule has 0 spiro atoms. The standard InChI is InChI=1S/C22H20N2O2/c1-26-19-7-4-5-15(11-19)14-23-22(25)24-18-9-10-21-17(13-18)12-16-6-2-3-8-20(16)21/h2-11,13H,12,14H2,1H3,(H2,23,24,25). The second-order valence-corrected chi connectivity index (χ2v) is 6.37. The van der Waals surface area contributed by atoms with Gasteiger partial charge in [-0.2, -0.15) is 0 Å². The van der Waals surface area contributed by atoms with E-state index in [1.165, 1.54) is 22.3 Å². The van der Waals surface area contributed by atoms with Crippen LogP contribution in [-0.4, -0.2) is 13.1 Å². The summed E-state index contributed by atoms with van der Waals surface area (Å²) in [4.78, 5) is 12.2. The molecule has 4 nitrogen and oxygen atoms in total. The van der Waals surface area contributed by atoms with E-state index < -0.39 is 0 Å². The Hall–Kier alpha value is -3.27. The number of carbonyl (C=O) groups is 1. The lowest BCUT2D eigenvalue weighted by Gasteiger charge is -2.10. The molecule has 0 fully saturated rings. The number of rotatable bonds is 4. The van der Waals surface area contributed by atoms with Crippen LogP contribution in [0.3, 0.4) is 0 Å². The lowest BCUT2D eigenvalue weighted by Crippen LogP contribution is -2.28. The van der Waals surface area contributed by atoms with E-state index in [2.05, 4.69) is 47.0 Å². The minimum absolute atomic E-state index is 0.219. The van der Waals surface area contributed by atoms with Crippen LogP contribution in [0.4, 0.5) is 10.5 Å². The molecule has 4 heteroatoms. The maximum Gasteiger partial charge on any atom is 0.319 e. The number of carbonyl (C=O) groups excluding carboxylic acids is 1. The summed E-state index contributed by atoms with van der Waals surface area (Å²) in [6.07, 6.45) is 0.909. The molecular weight excluding hydrogens is 324 g/mol. The molecule has 130 valence electrons. The second kappa shape index (κ2) is 6.92. The van der Waals surface area contributed by atoms with Crippen LogP contribution in [-0.2, 0) is 13.0 Å². The Bertz CT molecular complexity index is 966.